The number of hydrogen-bond acceptors (Lipinski definition) is 2. The van der Waals surface area contributed by atoms with E-state index in [1.54, 1.807) is 0 Å². The molecule has 0 radical (unpaired) electrons. The van der Waals surface area contributed by atoms with Crippen LogP contribution in [0.5, 0.6) is 0 Å². The van der Waals surface area contributed by atoms with E-state index in [4.69, 9.17) is 4.74 Å². The molecule has 5 unspecified atom stereocenters. The van der Waals surface area contributed by atoms with Crippen LogP contribution >= 0.6 is 0 Å². The molecular formula is C14H25NO. The van der Waals surface area contributed by atoms with Gasteiger partial charge in [-0.15, -0.1) is 0 Å². The Hall–Kier alpha value is -0.0800. The maximum atomic E-state index is 5.55. The quantitative estimate of drug-likeness (QED) is 0.794. The van der Waals surface area contributed by atoms with Crippen LogP contribution in [0.15, 0.2) is 0 Å². The second-order valence-corrected chi connectivity index (χ2v) is 6.21. The van der Waals surface area contributed by atoms with Gasteiger partial charge in [-0.1, -0.05) is 6.42 Å². The lowest BCUT2D eigenvalue weighted by Crippen LogP contribution is -2.46. The molecule has 0 aromatic carbocycles. The fraction of sp³-hybridized carbons (Fsp3) is 1.00. The molecule has 0 aromatic heterocycles. The van der Waals surface area contributed by atoms with Crippen molar-refractivity contribution in [2.75, 3.05) is 13.2 Å². The Morgan fingerprint density at radius 2 is 2.12 bits per heavy atom. The highest BCUT2D eigenvalue weighted by molar-refractivity contribution is 4.94. The summed E-state index contributed by atoms with van der Waals surface area (Å²) in [5.41, 5.74) is 0. The molecule has 1 aliphatic heterocycles. The van der Waals surface area contributed by atoms with E-state index in [0.29, 0.717) is 12.1 Å². The van der Waals surface area contributed by atoms with Crippen molar-refractivity contribution in [1.29, 1.82) is 0 Å². The Balaban J connectivity index is 1.51. The molecule has 2 heteroatoms. The molecule has 2 aliphatic carbocycles. The lowest BCUT2D eigenvalue weighted by Gasteiger charge is -2.33. The van der Waals surface area contributed by atoms with Crippen LogP contribution in [0, 0.1) is 17.8 Å². The Morgan fingerprint density at radius 3 is 2.75 bits per heavy atom. The molecule has 1 saturated heterocycles. The number of rotatable bonds is 3. The molecule has 5 atom stereocenters. The first-order valence-electron chi connectivity index (χ1n) is 7.16. The highest BCUT2D eigenvalue weighted by atomic mass is 16.5. The molecule has 92 valence electrons. The van der Waals surface area contributed by atoms with E-state index in [2.05, 4.69) is 12.2 Å². The summed E-state index contributed by atoms with van der Waals surface area (Å²) in [7, 11) is 0. The average Bonchev–Trinajstić information content (AvgIpc) is 2.92. The second-order valence-electron chi connectivity index (χ2n) is 6.21. The molecule has 1 heterocycles. The number of fused-ring (bicyclic) bond motifs is 2. The summed E-state index contributed by atoms with van der Waals surface area (Å²) in [6.07, 6.45) is 8.58. The third-order valence-corrected chi connectivity index (χ3v) is 5.09. The maximum absolute atomic E-state index is 5.55. The average molecular weight is 223 g/mol. The van der Waals surface area contributed by atoms with Crippen LogP contribution in [-0.2, 0) is 4.74 Å². The minimum atomic E-state index is 0.628. The first kappa shape index (κ1) is 11.0. The van der Waals surface area contributed by atoms with Crippen molar-refractivity contribution in [2.24, 2.45) is 17.8 Å². The molecule has 2 bridgehead atoms. The lowest BCUT2D eigenvalue weighted by atomic mass is 9.83. The van der Waals surface area contributed by atoms with Crippen molar-refractivity contribution in [3.05, 3.63) is 0 Å². The van der Waals surface area contributed by atoms with Crippen molar-refractivity contribution in [1.82, 2.24) is 5.32 Å². The van der Waals surface area contributed by atoms with Crippen molar-refractivity contribution in [3.63, 3.8) is 0 Å². The maximum Gasteiger partial charge on any atom is 0.0619 e. The predicted octanol–water partition coefficient (Wildman–Crippen LogP) is 2.58. The molecule has 3 rings (SSSR count). The fourth-order valence-electron chi connectivity index (χ4n) is 4.27. The third-order valence-electron chi connectivity index (χ3n) is 5.09. The van der Waals surface area contributed by atoms with E-state index >= 15 is 0 Å². The van der Waals surface area contributed by atoms with E-state index in [-0.39, 0.29) is 0 Å². The number of ether oxygens (including phenoxy) is 1. The normalized spacial score (nSPS) is 44.8. The van der Waals surface area contributed by atoms with Gasteiger partial charge in [0.25, 0.3) is 0 Å². The minimum Gasteiger partial charge on any atom is -0.380 e. The molecule has 0 aromatic rings. The number of hydrogen-bond donors (Lipinski definition) is 1. The standard InChI is InChI=1S/C14H25NO/c1-10(15-13-3-2-6-16-9-13)14-8-11-4-5-12(14)7-11/h10-15H,2-9H2,1H3. The van der Waals surface area contributed by atoms with Gasteiger partial charge in [0.1, 0.15) is 0 Å². The van der Waals surface area contributed by atoms with Crippen molar-refractivity contribution in [2.45, 2.75) is 57.5 Å². The van der Waals surface area contributed by atoms with E-state index in [9.17, 15) is 0 Å². The van der Waals surface area contributed by atoms with Crippen LogP contribution in [0.25, 0.3) is 0 Å². The zero-order valence-electron chi connectivity index (χ0n) is 10.5. The lowest BCUT2D eigenvalue weighted by molar-refractivity contribution is 0.0617. The first-order chi connectivity index (χ1) is 7.83. The van der Waals surface area contributed by atoms with Gasteiger partial charge in [0, 0.05) is 18.7 Å². The Morgan fingerprint density at radius 1 is 1.19 bits per heavy atom. The molecule has 1 N–H and O–H groups in total. The highest BCUT2D eigenvalue weighted by Gasteiger charge is 2.42. The van der Waals surface area contributed by atoms with Gasteiger partial charge < -0.3 is 10.1 Å². The SMILES string of the molecule is CC(NC1CCCOC1)C1CC2CCC1C2. The van der Waals surface area contributed by atoms with Gasteiger partial charge in [-0.3, -0.25) is 0 Å². The largest absolute Gasteiger partial charge is 0.380 e. The first-order valence-corrected chi connectivity index (χ1v) is 7.16. The summed E-state index contributed by atoms with van der Waals surface area (Å²) in [4.78, 5) is 0. The molecule has 2 nitrogen and oxygen atoms in total. The fourth-order valence-corrected chi connectivity index (χ4v) is 4.27. The monoisotopic (exact) mass is 223 g/mol. The predicted molar refractivity (Wildman–Crippen MR) is 65.4 cm³/mol. The summed E-state index contributed by atoms with van der Waals surface area (Å²) in [5.74, 6) is 3.07. The Bertz CT molecular complexity index is 237. The van der Waals surface area contributed by atoms with E-state index in [1.165, 1.54) is 38.5 Å². The van der Waals surface area contributed by atoms with Crippen molar-refractivity contribution >= 4 is 0 Å². The van der Waals surface area contributed by atoms with Gasteiger partial charge in [-0.05, 0) is 56.8 Å². The van der Waals surface area contributed by atoms with Crippen LogP contribution in [0.2, 0.25) is 0 Å². The van der Waals surface area contributed by atoms with Gasteiger partial charge in [-0.25, -0.2) is 0 Å². The van der Waals surface area contributed by atoms with Crippen molar-refractivity contribution in [3.8, 4) is 0 Å². The number of nitrogens with one attached hydrogen (secondary N) is 1. The third kappa shape index (κ3) is 2.14. The van der Waals surface area contributed by atoms with Gasteiger partial charge in [0.05, 0.1) is 6.61 Å². The summed E-state index contributed by atoms with van der Waals surface area (Å²) < 4.78 is 5.55. The van der Waals surface area contributed by atoms with Crippen molar-refractivity contribution < 1.29 is 4.74 Å². The molecule has 3 aliphatic rings. The van der Waals surface area contributed by atoms with Crippen LogP contribution in [0.1, 0.15) is 45.4 Å². The molecule has 0 spiro atoms. The van der Waals surface area contributed by atoms with Crippen LogP contribution in [-0.4, -0.2) is 25.3 Å². The molecular weight excluding hydrogens is 198 g/mol. The van der Waals surface area contributed by atoms with Gasteiger partial charge in [-0.2, -0.15) is 0 Å². The smallest absolute Gasteiger partial charge is 0.0619 e. The van der Waals surface area contributed by atoms with Gasteiger partial charge in [0.15, 0.2) is 0 Å². The van der Waals surface area contributed by atoms with Gasteiger partial charge >= 0.3 is 0 Å². The van der Waals surface area contributed by atoms with Crippen LogP contribution in [0.3, 0.4) is 0 Å². The summed E-state index contributed by atoms with van der Waals surface area (Å²) >= 11 is 0. The molecule has 0 amide bonds. The van der Waals surface area contributed by atoms with E-state index in [1.807, 2.05) is 0 Å². The van der Waals surface area contributed by atoms with E-state index < -0.39 is 0 Å². The Kier molecular flexibility index (Phi) is 3.21. The molecule has 16 heavy (non-hydrogen) atoms. The summed E-state index contributed by atoms with van der Waals surface area (Å²) in [6, 6.07) is 1.34. The topological polar surface area (TPSA) is 21.3 Å². The zero-order valence-corrected chi connectivity index (χ0v) is 10.5. The van der Waals surface area contributed by atoms with Gasteiger partial charge in [0.2, 0.25) is 0 Å². The molecule has 2 saturated carbocycles. The van der Waals surface area contributed by atoms with Crippen LogP contribution < -0.4 is 5.32 Å². The molecule has 3 fully saturated rings. The summed E-state index contributed by atoms with van der Waals surface area (Å²) in [6.45, 7) is 4.31. The Labute approximate surface area is 99.1 Å². The summed E-state index contributed by atoms with van der Waals surface area (Å²) in [5, 5.41) is 3.82. The minimum absolute atomic E-state index is 0.628. The van der Waals surface area contributed by atoms with Crippen LogP contribution in [0.4, 0.5) is 0 Å². The van der Waals surface area contributed by atoms with E-state index in [0.717, 1.165) is 31.0 Å². The highest BCUT2D eigenvalue weighted by Crippen LogP contribution is 2.49. The second kappa shape index (κ2) is 4.66. The zero-order chi connectivity index (χ0) is 11.0.